The number of hydrogen-bond donors (Lipinski definition) is 0. The lowest BCUT2D eigenvalue weighted by atomic mass is 9.77. The van der Waals surface area contributed by atoms with Gasteiger partial charge >= 0.3 is 17.9 Å². The number of hydrogen-bond acceptors (Lipinski definition) is 6. The van der Waals surface area contributed by atoms with Gasteiger partial charge in [-0.25, -0.2) is 14.4 Å². The van der Waals surface area contributed by atoms with Gasteiger partial charge in [-0.3, -0.25) is 0 Å². The van der Waals surface area contributed by atoms with Crippen molar-refractivity contribution in [2.75, 3.05) is 6.61 Å². The Morgan fingerprint density at radius 3 is 1.43 bits per heavy atom. The summed E-state index contributed by atoms with van der Waals surface area (Å²) in [5, 5.41) is 0. The summed E-state index contributed by atoms with van der Waals surface area (Å²) in [5.74, 6) is 3.00. The number of rotatable bonds is 26. The van der Waals surface area contributed by atoms with Gasteiger partial charge in [0.1, 0.15) is 12.4 Å². The van der Waals surface area contributed by atoms with Crippen molar-refractivity contribution < 1.29 is 28.6 Å². The molecule has 79 heavy (non-hydrogen) atoms. The molecule has 0 aliphatic heterocycles. The molecule has 2 fully saturated rings. The highest BCUT2D eigenvalue weighted by molar-refractivity contribution is 5.92. The Morgan fingerprint density at radius 2 is 0.924 bits per heavy atom. The minimum absolute atomic E-state index is 0.0437. The molecule has 6 nitrogen and oxygen atoms in total. The number of unbranched alkanes of at least 4 members (excludes halogenated alkanes) is 6. The minimum atomic E-state index is -0.697. The summed E-state index contributed by atoms with van der Waals surface area (Å²) in [7, 11) is 0. The van der Waals surface area contributed by atoms with Crippen LogP contribution >= 0.6 is 0 Å². The van der Waals surface area contributed by atoms with Crippen LogP contribution in [0.4, 0.5) is 0 Å². The van der Waals surface area contributed by atoms with Crippen LogP contribution in [0.1, 0.15) is 240 Å². The van der Waals surface area contributed by atoms with Crippen LogP contribution in [0, 0.1) is 17.8 Å². The molecule has 0 N–H and O–H groups in total. The zero-order chi connectivity index (χ0) is 55.6. The normalized spacial score (nSPS) is 17.8. The zero-order valence-electron chi connectivity index (χ0n) is 48.6. The molecule has 2 aliphatic rings. The number of aryl methyl sites for hydroxylation is 1. The fourth-order valence-corrected chi connectivity index (χ4v) is 11.7. The van der Waals surface area contributed by atoms with E-state index in [1.807, 2.05) is 103 Å². The van der Waals surface area contributed by atoms with Gasteiger partial charge in [-0.05, 0) is 188 Å². The van der Waals surface area contributed by atoms with E-state index in [0.29, 0.717) is 40.2 Å². The Bertz CT molecular complexity index is 2670. The van der Waals surface area contributed by atoms with E-state index in [1.165, 1.54) is 144 Å². The molecule has 0 spiro atoms. The van der Waals surface area contributed by atoms with Gasteiger partial charge in [-0.15, -0.1) is 0 Å². The molecule has 420 valence electrons. The largest absolute Gasteiger partial charge is 0.458 e. The van der Waals surface area contributed by atoms with E-state index in [0.717, 1.165) is 47.8 Å². The molecule has 6 heteroatoms. The number of carbonyl (C=O) groups is 3. The molecule has 2 aliphatic carbocycles. The molecule has 6 aromatic carbocycles. The van der Waals surface area contributed by atoms with Crippen molar-refractivity contribution in [1.82, 2.24) is 0 Å². The first-order valence-electron chi connectivity index (χ1n) is 30.8. The Balaban J connectivity index is 0.000000251. The van der Waals surface area contributed by atoms with E-state index < -0.39 is 18.0 Å². The topological polar surface area (TPSA) is 78.9 Å². The van der Waals surface area contributed by atoms with Gasteiger partial charge < -0.3 is 14.2 Å². The Hall–Kier alpha value is -6.27. The third-order valence-electron chi connectivity index (χ3n) is 17.0. The highest BCUT2D eigenvalue weighted by atomic mass is 16.6. The van der Waals surface area contributed by atoms with Crippen LogP contribution < -0.4 is 4.74 Å². The number of carbonyl (C=O) groups excluding carboxylic acids is 3. The SMILES string of the molecule is CCCCCC1CCC(c2ccc(C(=O)OCC(OC(=O)c3ccc(C4CCC(CCCCC)CC4)cc3)c3ccccc3)cc2)CC1.CCCCCc1ccc(-c2ccc(C(=O)Oc3ccc(CC(C)CC)cc3)cc2)cc1. The number of benzene rings is 6. The molecule has 2 saturated carbocycles. The summed E-state index contributed by atoms with van der Waals surface area (Å²) in [6.07, 6.45) is 27.3. The van der Waals surface area contributed by atoms with Gasteiger partial charge in [0.15, 0.2) is 6.10 Å². The lowest BCUT2D eigenvalue weighted by molar-refractivity contribution is -0.00134. The summed E-state index contributed by atoms with van der Waals surface area (Å²) in [6.45, 7) is 11.2. The molecule has 2 atom stereocenters. The Morgan fingerprint density at radius 1 is 0.468 bits per heavy atom. The van der Waals surface area contributed by atoms with Crippen LogP contribution in [-0.4, -0.2) is 24.5 Å². The minimum Gasteiger partial charge on any atom is -0.458 e. The summed E-state index contributed by atoms with van der Waals surface area (Å²) >= 11 is 0. The highest BCUT2D eigenvalue weighted by Gasteiger charge is 2.26. The van der Waals surface area contributed by atoms with Crippen molar-refractivity contribution >= 4 is 17.9 Å². The van der Waals surface area contributed by atoms with Crippen LogP contribution in [0.15, 0.2) is 152 Å². The van der Waals surface area contributed by atoms with Crippen molar-refractivity contribution in [3.05, 3.63) is 196 Å². The van der Waals surface area contributed by atoms with Crippen molar-refractivity contribution in [3.8, 4) is 16.9 Å². The van der Waals surface area contributed by atoms with Gasteiger partial charge in [0.25, 0.3) is 0 Å². The third kappa shape index (κ3) is 19.5. The highest BCUT2D eigenvalue weighted by Crippen LogP contribution is 2.39. The molecule has 0 heterocycles. The maximum Gasteiger partial charge on any atom is 0.343 e. The molecular formula is C73H92O6. The van der Waals surface area contributed by atoms with Crippen molar-refractivity contribution in [2.45, 2.75) is 194 Å². The predicted molar refractivity (Wildman–Crippen MR) is 325 cm³/mol. The second-order valence-electron chi connectivity index (χ2n) is 23.1. The van der Waals surface area contributed by atoms with E-state index in [-0.39, 0.29) is 12.6 Å². The zero-order valence-corrected chi connectivity index (χ0v) is 48.6. The van der Waals surface area contributed by atoms with Crippen LogP contribution in [0.2, 0.25) is 0 Å². The van der Waals surface area contributed by atoms with E-state index in [9.17, 15) is 14.4 Å². The molecule has 6 aromatic rings. The monoisotopic (exact) mass is 1060 g/mol. The van der Waals surface area contributed by atoms with E-state index >= 15 is 0 Å². The van der Waals surface area contributed by atoms with Gasteiger partial charge in [0.05, 0.1) is 16.7 Å². The third-order valence-corrected chi connectivity index (χ3v) is 17.0. The molecule has 0 saturated heterocycles. The Labute approximate surface area is 475 Å². The van der Waals surface area contributed by atoms with Gasteiger partial charge in [-0.1, -0.05) is 208 Å². The van der Waals surface area contributed by atoms with Crippen molar-refractivity contribution in [2.24, 2.45) is 17.8 Å². The first kappa shape index (κ1) is 60.4. The fraction of sp³-hybridized carbons (Fsp3) is 0.466. The summed E-state index contributed by atoms with van der Waals surface area (Å²) in [4.78, 5) is 38.9. The van der Waals surface area contributed by atoms with Crippen LogP contribution in [0.5, 0.6) is 5.75 Å². The average molecular weight is 1070 g/mol. The molecular weight excluding hydrogens is 973 g/mol. The first-order valence-corrected chi connectivity index (χ1v) is 30.8. The van der Waals surface area contributed by atoms with E-state index in [2.05, 4.69) is 83.1 Å². The van der Waals surface area contributed by atoms with Crippen LogP contribution in [-0.2, 0) is 22.3 Å². The predicted octanol–water partition coefficient (Wildman–Crippen LogP) is 20.0. The standard InChI is InChI=1S/C44H58O4.C29H34O2/c1-3-5-8-12-33-16-20-35(21-17-33)37-24-28-40(29-25-37)43(45)47-32-42(39-14-10-7-11-15-39)48-44(46)41-30-26-38(27-31-41)36-22-18-34(19-23-36)13-9-6-4-2;1-4-6-7-8-23-9-13-25(14-10-23)26-15-17-27(18-16-26)29(30)31-28-19-11-24(12-20-28)21-22(3)5-2/h7,10-11,14-15,24-31,33-36,42H,3-6,8-9,12-13,16-23,32H2,1-2H3;9-20,22H,4-8,21H2,1-3H3. The molecule has 8 rings (SSSR count). The molecule has 0 amide bonds. The van der Waals surface area contributed by atoms with Gasteiger partial charge in [0.2, 0.25) is 0 Å². The van der Waals surface area contributed by atoms with Crippen molar-refractivity contribution in [3.63, 3.8) is 0 Å². The summed E-state index contributed by atoms with van der Waals surface area (Å²) in [5.41, 5.74) is 9.95. The van der Waals surface area contributed by atoms with Crippen LogP contribution in [0.3, 0.4) is 0 Å². The molecule has 0 radical (unpaired) electrons. The molecule has 2 unspecified atom stereocenters. The van der Waals surface area contributed by atoms with Gasteiger partial charge in [0, 0.05) is 0 Å². The Kier molecular flexibility index (Phi) is 25.0. The molecule has 0 bridgehead atoms. The average Bonchev–Trinajstić information content (AvgIpc) is 3.51. The number of ether oxygens (including phenoxy) is 3. The fourth-order valence-electron chi connectivity index (χ4n) is 11.7. The van der Waals surface area contributed by atoms with E-state index in [4.69, 9.17) is 14.2 Å². The smallest absolute Gasteiger partial charge is 0.343 e. The maximum atomic E-state index is 13.3. The lowest BCUT2D eigenvalue weighted by Gasteiger charge is -2.29. The summed E-state index contributed by atoms with van der Waals surface area (Å²) in [6, 6.07) is 49.7. The quantitative estimate of drug-likeness (QED) is 0.0306. The van der Waals surface area contributed by atoms with Gasteiger partial charge in [-0.2, -0.15) is 0 Å². The van der Waals surface area contributed by atoms with Crippen molar-refractivity contribution in [1.29, 1.82) is 0 Å². The second kappa shape index (κ2) is 32.7. The van der Waals surface area contributed by atoms with E-state index in [1.54, 1.807) is 0 Å². The first-order chi connectivity index (χ1) is 38.6. The number of esters is 3. The lowest BCUT2D eigenvalue weighted by Crippen LogP contribution is -2.19. The molecule has 0 aromatic heterocycles. The summed E-state index contributed by atoms with van der Waals surface area (Å²) < 4.78 is 17.3. The van der Waals surface area contributed by atoms with Crippen LogP contribution in [0.25, 0.3) is 11.1 Å². The maximum absolute atomic E-state index is 13.3. The second-order valence-corrected chi connectivity index (χ2v) is 23.1.